The fourth-order valence-electron chi connectivity index (χ4n) is 2.33. The number of benzene rings is 2. The molecule has 5 nitrogen and oxygen atoms in total. The minimum absolute atomic E-state index is 0.367. The van der Waals surface area contributed by atoms with Crippen LogP contribution in [0.1, 0.15) is 6.92 Å². The van der Waals surface area contributed by atoms with Crippen molar-refractivity contribution >= 4 is 16.9 Å². The Kier molecular flexibility index (Phi) is 3.93. The molecule has 0 amide bonds. The summed E-state index contributed by atoms with van der Waals surface area (Å²) in [4.78, 5) is 11.0. The number of ether oxygens (including phenoxy) is 3. The summed E-state index contributed by atoms with van der Waals surface area (Å²) in [6.07, 6.45) is 0. The third-order valence-electron chi connectivity index (χ3n) is 3.39. The SMILES string of the molecule is COc1cc(OC)cc(-c2cc3ccc(OC(C)=O)cc3o2)c1. The molecule has 2 aromatic carbocycles. The van der Waals surface area contributed by atoms with Crippen molar-refractivity contribution in [3.05, 3.63) is 42.5 Å². The lowest BCUT2D eigenvalue weighted by Crippen LogP contribution is -2.00. The molecule has 0 radical (unpaired) electrons. The Bertz CT molecular complexity index is 841. The highest BCUT2D eigenvalue weighted by atomic mass is 16.5. The molecule has 118 valence electrons. The average Bonchev–Trinajstić information content (AvgIpc) is 2.97. The zero-order chi connectivity index (χ0) is 16.4. The lowest BCUT2D eigenvalue weighted by atomic mass is 10.1. The van der Waals surface area contributed by atoms with Gasteiger partial charge in [-0.25, -0.2) is 0 Å². The Labute approximate surface area is 133 Å². The van der Waals surface area contributed by atoms with E-state index in [1.165, 1.54) is 6.92 Å². The highest BCUT2D eigenvalue weighted by Gasteiger charge is 2.11. The Morgan fingerprint density at radius 3 is 2.22 bits per heavy atom. The minimum Gasteiger partial charge on any atom is -0.497 e. The number of methoxy groups -OCH3 is 2. The highest BCUT2D eigenvalue weighted by Crippen LogP contribution is 2.34. The molecule has 1 heterocycles. The molecule has 0 bridgehead atoms. The van der Waals surface area contributed by atoms with Crippen molar-refractivity contribution in [3.63, 3.8) is 0 Å². The molecule has 0 aliphatic rings. The van der Waals surface area contributed by atoms with Crippen LogP contribution in [0.15, 0.2) is 46.9 Å². The summed E-state index contributed by atoms with van der Waals surface area (Å²) in [5, 5.41) is 0.915. The van der Waals surface area contributed by atoms with E-state index in [1.807, 2.05) is 24.3 Å². The predicted molar refractivity (Wildman–Crippen MR) is 86.1 cm³/mol. The van der Waals surface area contributed by atoms with Gasteiger partial charge in [0, 0.05) is 30.0 Å². The Morgan fingerprint density at radius 2 is 1.61 bits per heavy atom. The van der Waals surface area contributed by atoms with E-state index in [9.17, 15) is 4.79 Å². The van der Waals surface area contributed by atoms with Crippen molar-refractivity contribution < 1.29 is 23.4 Å². The van der Waals surface area contributed by atoms with E-state index in [1.54, 1.807) is 32.4 Å². The third-order valence-corrected chi connectivity index (χ3v) is 3.39. The van der Waals surface area contributed by atoms with Crippen LogP contribution in [0.5, 0.6) is 17.2 Å². The molecular weight excluding hydrogens is 296 g/mol. The van der Waals surface area contributed by atoms with Crippen molar-refractivity contribution in [3.8, 4) is 28.6 Å². The maximum absolute atomic E-state index is 11.0. The van der Waals surface area contributed by atoms with Gasteiger partial charge in [0.05, 0.1) is 14.2 Å². The van der Waals surface area contributed by atoms with Gasteiger partial charge in [-0.15, -0.1) is 0 Å². The van der Waals surface area contributed by atoms with E-state index in [0.29, 0.717) is 28.6 Å². The van der Waals surface area contributed by atoms with Gasteiger partial charge in [0.25, 0.3) is 0 Å². The molecule has 0 fully saturated rings. The molecule has 0 atom stereocenters. The molecule has 5 heteroatoms. The second-order valence-electron chi connectivity index (χ2n) is 5.01. The van der Waals surface area contributed by atoms with Gasteiger partial charge in [-0.3, -0.25) is 4.79 Å². The van der Waals surface area contributed by atoms with Gasteiger partial charge in [0.2, 0.25) is 0 Å². The quantitative estimate of drug-likeness (QED) is 0.537. The van der Waals surface area contributed by atoms with Gasteiger partial charge in [-0.05, 0) is 30.3 Å². The molecule has 0 saturated heterocycles. The first-order valence-corrected chi connectivity index (χ1v) is 7.04. The zero-order valence-electron chi connectivity index (χ0n) is 13.1. The molecule has 0 aliphatic carbocycles. The number of fused-ring (bicyclic) bond motifs is 1. The molecule has 0 aliphatic heterocycles. The number of rotatable bonds is 4. The van der Waals surface area contributed by atoms with Crippen LogP contribution in [0.4, 0.5) is 0 Å². The molecule has 23 heavy (non-hydrogen) atoms. The molecule has 3 rings (SSSR count). The largest absolute Gasteiger partial charge is 0.497 e. The summed E-state index contributed by atoms with van der Waals surface area (Å²) < 4.78 is 21.5. The summed E-state index contributed by atoms with van der Waals surface area (Å²) >= 11 is 0. The van der Waals surface area contributed by atoms with Gasteiger partial charge in [0.15, 0.2) is 0 Å². The molecule has 1 aromatic heterocycles. The van der Waals surface area contributed by atoms with Crippen LogP contribution in [0.3, 0.4) is 0 Å². The van der Waals surface area contributed by atoms with Gasteiger partial charge in [-0.1, -0.05) is 0 Å². The number of esters is 1. The normalized spacial score (nSPS) is 10.6. The standard InChI is InChI=1S/C18H16O5/c1-11(19)22-14-5-4-12-8-17(23-18(12)10-14)13-6-15(20-2)9-16(7-13)21-3/h4-10H,1-3H3. The van der Waals surface area contributed by atoms with E-state index in [4.69, 9.17) is 18.6 Å². The zero-order valence-corrected chi connectivity index (χ0v) is 13.1. The number of hydrogen-bond donors (Lipinski definition) is 0. The number of furan rings is 1. The van der Waals surface area contributed by atoms with Crippen LogP contribution in [0.25, 0.3) is 22.3 Å². The highest BCUT2D eigenvalue weighted by molar-refractivity contribution is 5.85. The van der Waals surface area contributed by atoms with Gasteiger partial charge >= 0.3 is 5.97 Å². The first-order chi connectivity index (χ1) is 11.1. The van der Waals surface area contributed by atoms with E-state index < -0.39 is 0 Å². The Morgan fingerprint density at radius 1 is 0.913 bits per heavy atom. The van der Waals surface area contributed by atoms with Crippen molar-refractivity contribution in [2.75, 3.05) is 14.2 Å². The van der Waals surface area contributed by atoms with Gasteiger partial charge < -0.3 is 18.6 Å². The molecule has 0 saturated carbocycles. The number of carbonyl (C=O) groups excluding carboxylic acids is 1. The van der Waals surface area contributed by atoms with Crippen molar-refractivity contribution in [1.82, 2.24) is 0 Å². The fraction of sp³-hybridized carbons (Fsp3) is 0.167. The number of hydrogen-bond acceptors (Lipinski definition) is 5. The maximum atomic E-state index is 11.0. The summed E-state index contributed by atoms with van der Waals surface area (Å²) in [5.41, 5.74) is 1.48. The second-order valence-corrected chi connectivity index (χ2v) is 5.01. The maximum Gasteiger partial charge on any atom is 0.308 e. The molecule has 0 unspecified atom stereocenters. The Balaban J connectivity index is 2.04. The van der Waals surface area contributed by atoms with E-state index in [-0.39, 0.29) is 5.97 Å². The minimum atomic E-state index is -0.367. The lowest BCUT2D eigenvalue weighted by molar-refractivity contribution is -0.131. The van der Waals surface area contributed by atoms with E-state index >= 15 is 0 Å². The van der Waals surface area contributed by atoms with Gasteiger partial charge in [0.1, 0.15) is 28.6 Å². The first kappa shape index (κ1) is 15.0. The smallest absolute Gasteiger partial charge is 0.308 e. The van der Waals surface area contributed by atoms with E-state index in [0.717, 1.165) is 10.9 Å². The number of carbonyl (C=O) groups is 1. The summed E-state index contributed by atoms with van der Waals surface area (Å²) in [6, 6.07) is 12.7. The monoisotopic (exact) mass is 312 g/mol. The third kappa shape index (κ3) is 3.13. The van der Waals surface area contributed by atoms with Crippen LogP contribution < -0.4 is 14.2 Å². The van der Waals surface area contributed by atoms with Crippen LogP contribution in [0.2, 0.25) is 0 Å². The summed E-state index contributed by atoms with van der Waals surface area (Å²) in [7, 11) is 3.20. The van der Waals surface area contributed by atoms with E-state index in [2.05, 4.69) is 0 Å². The topological polar surface area (TPSA) is 57.9 Å². The second kappa shape index (κ2) is 6.04. The van der Waals surface area contributed by atoms with Crippen molar-refractivity contribution in [1.29, 1.82) is 0 Å². The lowest BCUT2D eigenvalue weighted by Gasteiger charge is -2.06. The molecular formula is C18H16O5. The predicted octanol–water partition coefficient (Wildman–Crippen LogP) is 4.04. The van der Waals surface area contributed by atoms with Crippen molar-refractivity contribution in [2.24, 2.45) is 0 Å². The van der Waals surface area contributed by atoms with Crippen LogP contribution in [-0.4, -0.2) is 20.2 Å². The fourth-order valence-corrected chi connectivity index (χ4v) is 2.33. The van der Waals surface area contributed by atoms with Crippen LogP contribution >= 0.6 is 0 Å². The molecule has 0 N–H and O–H groups in total. The first-order valence-electron chi connectivity index (χ1n) is 7.04. The molecule has 3 aromatic rings. The van der Waals surface area contributed by atoms with Crippen LogP contribution in [0, 0.1) is 0 Å². The summed E-state index contributed by atoms with van der Waals surface area (Å²) in [6.45, 7) is 1.36. The van der Waals surface area contributed by atoms with Crippen molar-refractivity contribution in [2.45, 2.75) is 6.92 Å². The molecule has 0 spiro atoms. The average molecular weight is 312 g/mol. The van der Waals surface area contributed by atoms with Gasteiger partial charge in [-0.2, -0.15) is 0 Å². The summed E-state index contributed by atoms with van der Waals surface area (Å²) in [5.74, 6) is 2.13. The Hall–Kier alpha value is -2.95. The van der Waals surface area contributed by atoms with Crippen LogP contribution in [-0.2, 0) is 4.79 Å².